The Balaban J connectivity index is 1.84. The summed E-state index contributed by atoms with van der Waals surface area (Å²) >= 11 is 6.30. The molecule has 1 atom stereocenters. The molecule has 2 aromatic rings. The zero-order valence-corrected chi connectivity index (χ0v) is 22.9. The monoisotopic (exact) mass is 601 g/mol. The van der Waals surface area contributed by atoms with E-state index in [-0.39, 0.29) is 44.5 Å². The molecule has 1 aliphatic rings. The van der Waals surface area contributed by atoms with Gasteiger partial charge < -0.3 is 15.5 Å². The number of nitrogens with one attached hydrogen (secondary N) is 1. The minimum absolute atomic E-state index is 0.0228. The van der Waals surface area contributed by atoms with Crippen LogP contribution in [0.15, 0.2) is 12.1 Å². The van der Waals surface area contributed by atoms with E-state index in [9.17, 15) is 36.6 Å². The fraction of sp³-hybridized carbons (Fsp3) is 0.583. The highest BCUT2D eigenvalue weighted by Gasteiger charge is 2.49. The molecule has 8 nitrogen and oxygen atoms in total. The average Bonchev–Trinajstić information content (AvgIpc) is 3.12. The van der Waals surface area contributed by atoms with Crippen LogP contribution in [0.4, 0.5) is 22.0 Å². The summed E-state index contributed by atoms with van der Waals surface area (Å²) in [6, 6.07) is 1.27. The number of aliphatic hydroxyl groups is 2. The molecular weight excluding hydrogens is 573 g/mol. The van der Waals surface area contributed by atoms with E-state index in [1.807, 2.05) is 0 Å². The molecule has 0 spiro atoms. The lowest BCUT2D eigenvalue weighted by molar-refractivity contribution is -0.252. The summed E-state index contributed by atoms with van der Waals surface area (Å²) in [5.41, 5.74) is -6.22. The molecule has 39 heavy (non-hydrogen) atoms. The Morgan fingerprint density at radius 2 is 1.77 bits per heavy atom. The average molecular weight is 602 g/mol. The minimum Gasteiger partial charge on any atom is -0.388 e. The second kappa shape index (κ2) is 10.9. The second-order valence-corrected chi connectivity index (χ2v) is 12.8. The number of halogens is 6. The topological polar surface area (TPSA) is 122 Å². The SMILES string of the molecule is CCc1nc(C(=O)NCC2(O)CCC(S(C)(=O)=O)CC2)c(Cl)n1-c1c(F)cc(CC(C)(O)C(F)(F)F)cc1F. The van der Waals surface area contributed by atoms with Crippen molar-refractivity contribution in [2.45, 2.75) is 75.0 Å². The molecule has 0 aliphatic heterocycles. The van der Waals surface area contributed by atoms with Gasteiger partial charge in [0.25, 0.3) is 5.91 Å². The first-order chi connectivity index (χ1) is 17.8. The number of aryl methyl sites for hydroxylation is 1. The van der Waals surface area contributed by atoms with Crippen LogP contribution >= 0.6 is 11.6 Å². The Hall–Kier alpha value is -2.29. The molecule has 1 aliphatic carbocycles. The van der Waals surface area contributed by atoms with Crippen molar-refractivity contribution in [3.63, 3.8) is 0 Å². The number of hydrogen-bond acceptors (Lipinski definition) is 6. The Bertz CT molecular complexity index is 1330. The highest BCUT2D eigenvalue weighted by atomic mass is 35.5. The molecule has 1 aromatic heterocycles. The zero-order valence-electron chi connectivity index (χ0n) is 21.4. The second-order valence-electron chi connectivity index (χ2n) is 10.1. The number of amides is 1. The Morgan fingerprint density at radius 3 is 2.23 bits per heavy atom. The maximum Gasteiger partial charge on any atom is 0.417 e. The van der Waals surface area contributed by atoms with Crippen LogP contribution in [0.2, 0.25) is 5.15 Å². The lowest BCUT2D eigenvalue weighted by Crippen LogP contribution is -2.47. The number of carbonyl (C=O) groups is 1. The summed E-state index contributed by atoms with van der Waals surface area (Å²) in [6.45, 7) is 1.81. The number of alkyl halides is 3. The van der Waals surface area contributed by atoms with E-state index in [0.717, 1.165) is 10.8 Å². The number of hydrogen-bond donors (Lipinski definition) is 3. The van der Waals surface area contributed by atoms with E-state index in [4.69, 9.17) is 11.6 Å². The van der Waals surface area contributed by atoms with E-state index >= 15 is 8.78 Å². The number of benzene rings is 1. The summed E-state index contributed by atoms with van der Waals surface area (Å²) in [6.07, 6.45) is -4.28. The third kappa shape index (κ3) is 6.72. The largest absolute Gasteiger partial charge is 0.417 e. The van der Waals surface area contributed by atoms with Crippen LogP contribution in [0.5, 0.6) is 0 Å². The Morgan fingerprint density at radius 1 is 1.23 bits per heavy atom. The van der Waals surface area contributed by atoms with Crippen LogP contribution < -0.4 is 5.32 Å². The van der Waals surface area contributed by atoms with Gasteiger partial charge in [0.05, 0.1) is 10.9 Å². The van der Waals surface area contributed by atoms with Crippen LogP contribution in [0, 0.1) is 11.6 Å². The van der Waals surface area contributed by atoms with Gasteiger partial charge in [-0.25, -0.2) is 22.2 Å². The van der Waals surface area contributed by atoms with Crippen molar-refractivity contribution in [2.75, 3.05) is 12.8 Å². The van der Waals surface area contributed by atoms with Crippen LogP contribution in [-0.4, -0.2) is 69.5 Å². The molecule has 1 heterocycles. The first-order valence-corrected chi connectivity index (χ1v) is 14.4. The first kappa shape index (κ1) is 31.2. The quantitative estimate of drug-likeness (QED) is 0.397. The van der Waals surface area contributed by atoms with E-state index in [1.54, 1.807) is 6.92 Å². The highest BCUT2D eigenvalue weighted by Crippen LogP contribution is 2.35. The lowest BCUT2D eigenvalue weighted by atomic mass is 9.84. The summed E-state index contributed by atoms with van der Waals surface area (Å²) in [7, 11) is -3.27. The lowest BCUT2D eigenvalue weighted by Gasteiger charge is -2.35. The predicted octanol–water partition coefficient (Wildman–Crippen LogP) is 3.67. The van der Waals surface area contributed by atoms with Crippen LogP contribution in [0.1, 0.15) is 61.4 Å². The molecule has 3 N–H and O–H groups in total. The summed E-state index contributed by atoms with van der Waals surface area (Å²) < 4.78 is 93.5. The van der Waals surface area contributed by atoms with Gasteiger partial charge in [0.15, 0.2) is 22.9 Å². The van der Waals surface area contributed by atoms with Crippen LogP contribution in [0.3, 0.4) is 0 Å². The molecule has 0 bridgehead atoms. The first-order valence-electron chi connectivity index (χ1n) is 12.0. The van der Waals surface area contributed by atoms with Gasteiger partial charge in [0, 0.05) is 25.6 Å². The van der Waals surface area contributed by atoms with Crippen molar-refractivity contribution in [2.24, 2.45) is 0 Å². The van der Waals surface area contributed by atoms with Gasteiger partial charge in [0.1, 0.15) is 26.5 Å². The number of carbonyl (C=O) groups excluding carboxylic acids is 1. The van der Waals surface area contributed by atoms with Gasteiger partial charge in [-0.3, -0.25) is 9.36 Å². The number of sulfone groups is 1. The van der Waals surface area contributed by atoms with Crippen molar-refractivity contribution in [1.82, 2.24) is 14.9 Å². The molecule has 1 fully saturated rings. The molecule has 1 amide bonds. The van der Waals surface area contributed by atoms with Crippen molar-refractivity contribution in [3.05, 3.63) is 46.0 Å². The summed E-state index contributed by atoms with van der Waals surface area (Å²) in [5.74, 6) is -3.46. The zero-order chi connectivity index (χ0) is 29.6. The minimum atomic E-state index is -5.04. The van der Waals surface area contributed by atoms with Gasteiger partial charge >= 0.3 is 6.18 Å². The van der Waals surface area contributed by atoms with Crippen molar-refractivity contribution in [1.29, 1.82) is 0 Å². The third-order valence-electron chi connectivity index (χ3n) is 6.93. The molecule has 0 radical (unpaired) electrons. The molecule has 1 saturated carbocycles. The molecule has 1 unspecified atom stereocenters. The summed E-state index contributed by atoms with van der Waals surface area (Å²) in [5, 5.41) is 21.9. The Kier molecular flexibility index (Phi) is 8.76. The molecule has 3 rings (SSSR count). The van der Waals surface area contributed by atoms with Crippen molar-refractivity contribution >= 4 is 27.3 Å². The molecule has 15 heteroatoms. The van der Waals surface area contributed by atoms with Crippen molar-refractivity contribution in [3.8, 4) is 5.69 Å². The number of rotatable bonds is 8. The van der Waals surface area contributed by atoms with Gasteiger partial charge in [-0.2, -0.15) is 13.2 Å². The van der Waals surface area contributed by atoms with E-state index in [2.05, 4.69) is 10.3 Å². The maximum atomic E-state index is 15.0. The summed E-state index contributed by atoms with van der Waals surface area (Å²) in [4.78, 5) is 16.9. The smallest absolute Gasteiger partial charge is 0.388 e. The van der Waals surface area contributed by atoms with Gasteiger partial charge in [-0.1, -0.05) is 18.5 Å². The molecule has 0 saturated heterocycles. The van der Waals surface area contributed by atoms with Gasteiger partial charge in [0.2, 0.25) is 0 Å². The van der Waals surface area contributed by atoms with Gasteiger partial charge in [-0.05, 0) is 50.3 Å². The molecule has 1 aromatic carbocycles. The number of nitrogens with zero attached hydrogens (tertiary/aromatic N) is 2. The number of aromatic nitrogens is 2. The van der Waals surface area contributed by atoms with Crippen molar-refractivity contribution < 1.29 is 45.4 Å². The Labute approximate surface area is 227 Å². The molecular formula is C24H29ClF5N3O5S. The highest BCUT2D eigenvalue weighted by molar-refractivity contribution is 7.91. The van der Waals surface area contributed by atoms with Crippen LogP contribution in [-0.2, 0) is 22.7 Å². The van der Waals surface area contributed by atoms with Crippen LogP contribution in [0.25, 0.3) is 5.69 Å². The number of imidazole rings is 1. The molecule has 218 valence electrons. The predicted molar refractivity (Wildman–Crippen MR) is 133 cm³/mol. The standard InChI is InChI=1S/C24H29ClF5N3O5S/c1-4-17-32-18(21(34)31-12-23(36)7-5-14(6-8-23)39(3,37)38)20(25)33(17)19-15(26)9-13(10-16(19)27)11-22(2,35)24(28,29)30/h9-10,14,35-36H,4-8,11-12H2,1-3H3,(H,31,34). The van der Waals surface area contributed by atoms with E-state index in [1.165, 1.54) is 0 Å². The normalized spacial score (nSPS) is 22.0. The maximum absolute atomic E-state index is 15.0. The van der Waals surface area contributed by atoms with Gasteiger partial charge in [-0.15, -0.1) is 0 Å². The van der Waals surface area contributed by atoms with E-state index in [0.29, 0.717) is 19.1 Å². The fourth-order valence-corrected chi connectivity index (χ4v) is 5.95. The fourth-order valence-electron chi connectivity index (χ4n) is 4.55. The van der Waals surface area contributed by atoms with E-state index < -0.39 is 78.5 Å². The third-order valence-corrected chi connectivity index (χ3v) is 8.96.